The molecule has 0 unspecified atom stereocenters. The molecule has 0 bridgehead atoms. The van der Waals surface area contributed by atoms with E-state index >= 15 is 0 Å². The molecule has 1 fully saturated rings. The van der Waals surface area contributed by atoms with Crippen molar-refractivity contribution >= 4 is 16.7 Å². The molecule has 1 saturated heterocycles. The number of anilines is 1. The summed E-state index contributed by atoms with van der Waals surface area (Å²) in [5.74, 6) is -0.653. The van der Waals surface area contributed by atoms with Gasteiger partial charge in [0.25, 0.3) is 0 Å². The van der Waals surface area contributed by atoms with Crippen LogP contribution in [0.5, 0.6) is 0 Å². The SMILES string of the molecule is FC(F)(F)c1nc(N2CCCCC2)c2ccccc2n1. The summed E-state index contributed by atoms with van der Waals surface area (Å²) < 4.78 is 38.8. The third-order valence-electron chi connectivity index (χ3n) is 3.49. The van der Waals surface area contributed by atoms with Crippen molar-refractivity contribution in [2.45, 2.75) is 25.4 Å². The second kappa shape index (κ2) is 4.92. The number of para-hydroxylation sites is 1. The summed E-state index contributed by atoms with van der Waals surface area (Å²) in [5, 5.41) is 0.683. The molecule has 0 spiro atoms. The van der Waals surface area contributed by atoms with E-state index in [4.69, 9.17) is 0 Å². The Kier molecular flexibility index (Phi) is 3.23. The second-order valence-corrected chi connectivity index (χ2v) is 4.93. The number of fused-ring (bicyclic) bond motifs is 1. The van der Waals surface area contributed by atoms with E-state index < -0.39 is 12.0 Å². The highest BCUT2D eigenvalue weighted by atomic mass is 19.4. The van der Waals surface area contributed by atoms with Gasteiger partial charge in [0, 0.05) is 18.5 Å². The number of nitrogens with zero attached hydrogens (tertiary/aromatic N) is 3. The van der Waals surface area contributed by atoms with Crippen LogP contribution in [0.25, 0.3) is 10.9 Å². The molecule has 1 aromatic heterocycles. The molecule has 0 N–H and O–H groups in total. The lowest BCUT2D eigenvalue weighted by Crippen LogP contribution is -2.31. The molecular formula is C14H14F3N3. The molecule has 2 aromatic rings. The van der Waals surface area contributed by atoms with Crippen molar-refractivity contribution in [3.63, 3.8) is 0 Å². The molecule has 0 aliphatic carbocycles. The van der Waals surface area contributed by atoms with Gasteiger partial charge in [0.05, 0.1) is 5.52 Å². The van der Waals surface area contributed by atoms with Gasteiger partial charge < -0.3 is 4.90 Å². The van der Waals surface area contributed by atoms with Gasteiger partial charge in [-0.1, -0.05) is 12.1 Å². The first-order valence-corrected chi connectivity index (χ1v) is 6.64. The topological polar surface area (TPSA) is 29.0 Å². The van der Waals surface area contributed by atoms with Crippen molar-refractivity contribution in [3.8, 4) is 0 Å². The van der Waals surface area contributed by atoms with Crippen molar-refractivity contribution < 1.29 is 13.2 Å². The van der Waals surface area contributed by atoms with Gasteiger partial charge in [-0.3, -0.25) is 0 Å². The predicted molar refractivity (Wildman–Crippen MR) is 70.6 cm³/mol. The fourth-order valence-corrected chi connectivity index (χ4v) is 2.53. The van der Waals surface area contributed by atoms with Crippen molar-refractivity contribution in [1.82, 2.24) is 9.97 Å². The van der Waals surface area contributed by atoms with Gasteiger partial charge in [0.2, 0.25) is 5.82 Å². The maximum Gasteiger partial charge on any atom is 0.451 e. The number of rotatable bonds is 1. The van der Waals surface area contributed by atoms with Gasteiger partial charge in [-0.15, -0.1) is 0 Å². The number of aromatic nitrogens is 2. The fraction of sp³-hybridized carbons (Fsp3) is 0.429. The molecule has 20 heavy (non-hydrogen) atoms. The summed E-state index contributed by atoms with van der Waals surface area (Å²) in [5.41, 5.74) is 0.343. The number of halogens is 3. The lowest BCUT2D eigenvalue weighted by molar-refractivity contribution is -0.144. The molecule has 0 amide bonds. The van der Waals surface area contributed by atoms with Crippen LogP contribution in [0, 0.1) is 0 Å². The van der Waals surface area contributed by atoms with Crippen LogP contribution in [0.1, 0.15) is 25.1 Å². The third kappa shape index (κ3) is 2.42. The molecule has 2 heterocycles. The zero-order valence-corrected chi connectivity index (χ0v) is 10.8. The Balaban J connectivity index is 2.16. The van der Waals surface area contributed by atoms with Crippen molar-refractivity contribution in [1.29, 1.82) is 0 Å². The summed E-state index contributed by atoms with van der Waals surface area (Å²) in [7, 11) is 0. The lowest BCUT2D eigenvalue weighted by Gasteiger charge is -2.29. The number of alkyl halides is 3. The maximum absolute atomic E-state index is 12.9. The highest BCUT2D eigenvalue weighted by molar-refractivity contribution is 5.89. The van der Waals surface area contributed by atoms with Crippen LogP contribution >= 0.6 is 0 Å². The molecule has 6 heteroatoms. The Hall–Kier alpha value is -1.85. The zero-order valence-electron chi connectivity index (χ0n) is 10.8. The van der Waals surface area contributed by atoms with Crippen molar-refractivity contribution in [2.75, 3.05) is 18.0 Å². The summed E-state index contributed by atoms with van der Waals surface area (Å²) in [6.45, 7) is 1.50. The Morgan fingerprint density at radius 3 is 2.35 bits per heavy atom. The van der Waals surface area contributed by atoms with E-state index in [2.05, 4.69) is 9.97 Å². The molecule has 0 radical (unpaired) electrons. The molecule has 0 saturated carbocycles. The predicted octanol–water partition coefficient (Wildman–Crippen LogP) is 3.64. The zero-order chi connectivity index (χ0) is 14.2. The smallest absolute Gasteiger partial charge is 0.356 e. The van der Waals surface area contributed by atoms with Crippen LogP contribution in [-0.2, 0) is 6.18 Å². The van der Waals surface area contributed by atoms with E-state index in [1.165, 1.54) is 0 Å². The van der Waals surface area contributed by atoms with Gasteiger partial charge >= 0.3 is 6.18 Å². The Bertz CT molecular complexity index is 619. The minimum atomic E-state index is -4.52. The second-order valence-electron chi connectivity index (χ2n) is 4.93. The fourth-order valence-electron chi connectivity index (χ4n) is 2.53. The highest BCUT2D eigenvalue weighted by Crippen LogP contribution is 2.32. The Labute approximate surface area is 114 Å². The molecular weight excluding hydrogens is 267 g/mol. The maximum atomic E-state index is 12.9. The molecule has 3 nitrogen and oxygen atoms in total. The van der Waals surface area contributed by atoms with E-state index in [0.717, 1.165) is 32.4 Å². The van der Waals surface area contributed by atoms with Crippen LogP contribution in [0.2, 0.25) is 0 Å². The third-order valence-corrected chi connectivity index (χ3v) is 3.49. The molecule has 0 atom stereocenters. The molecule has 106 valence electrons. The molecule has 1 aliphatic heterocycles. The van der Waals surface area contributed by atoms with Crippen LogP contribution in [-0.4, -0.2) is 23.1 Å². The quantitative estimate of drug-likeness (QED) is 0.799. The van der Waals surface area contributed by atoms with Crippen molar-refractivity contribution in [2.24, 2.45) is 0 Å². The number of hydrogen-bond acceptors (Lipinski definition) is 3. The average molecular weight is 281 g/mol. The average Bonchev–Trinajstić information content (AvgIpc) is 2.46. The first-order chi connectivity index (χ1) is 9.55. The van der Waals surface area contributed by atoms with E-state index in [0.29, 0.717) is 16.7 Å². The number of hydrogen-bond donors (Lipinski definition) is 0. The van der Waals surface area contributed by atoms with E-state index in [-0.39, 0.29) is 0 Å². The molecule has 1 aliphatic rings. The van der Waals surface area contributed by atoms with Gasteiger partial charge in [-0.05, 0) is 31.4 Å². The van der Waals surface area contributed by atoms with Crippen molar-refractivity contribution in [3.05, 3.63) is 30.1 Å². The van der Waals surface area contributed by atoms with Gasteiger partial charge in [0.1, 0.15) is 5.82 Å². The standard InChI is InChI=1S/C14H14F3N3/c15-14(16,17)13-18-11-7-3-2-6-10(11)12(19-13)20-8-4-1-5-9-20/h2-3,6-7H,1,4-5,8-9H2. The Morgan fingerprint density at radius 1 is 0.950 bits per heavy atom. The molecule has 1 aromatic carbocycles. The Morgan fingerprint density at radius 2 is 1.65 bits per heavy atom. The van der Waals surface area contributed by atoms with Gasteiger partial charge in [-0.2, -0.15) is 13.2 Å². The number of piperidine rings is 1. The molecule has 3 rings (SSSR count). The lowest BCUT2D eigenvalue weighted by atomic mass is 10.1. The summed E-state index contributed by atoms with van der Waals surface area (Å²) >= 11 is 0. The van der Waals surface area contributed by atoms with E-state index in [9.17, 15) is 13.2 Å². The van der Waals surface area contributed by atoms with Crippen LogP contribution < -0.4 is 4.90 Å². The van der Waals surface area contributed by atoms with Gasteiger partial charge in [-0.25, -0.2) is 9.97 Å². The summed E-state index contributed by atoms with van der Waals surface area (Å²) in [4.78, 5) is 9.36. The minimum absolute atomic E-state index is 0.343. The minimum Gasteiger partial charge on any atom is -0.356 e. The van der Waals surface area contributed by atoms with Crippen LogP contribution in [0.15, 0.2) is 24.3 Å². The van der Waals surface area contributed by atoms with Crippen LogP contribution in [0.4, 0.5) is 19.0 Å². The van der Waals surface area contributed by atoms with E-state index in [1.807, 2.05) is 4.90 Å². The van der Waals surface area contributed by atoms with E-state index in [1.54, 1.807) is 24.3 Å². The normalized spacial score (nSPS) is 16.6. The van der Waals surface area contributed by atoms with Crippen LogP contribution in [0.3, 0.4) is 0 Å². The number of benzene rings is 1. The largest absolute Gasteiger partial charge is 0.451 e. The first kappa shape index (κ1) is 13.1. The monoisotopic (exact) mass is 281 g/mol. The van der Waals surface area contributed by atoms with Gasteiger partial charge in [0.15, 0.2) is 0 Å². The summed E-state index contributed by atoms with van der Waals surface area (Å²) in [6.07, 6.45) is -1.43. The highest BCUT2D eigenvalue weighted by Gasteiger charge is 2.36. The summed E-state index contributed by atoms with van der Waals surface area (Å²) in [6, 6.07) is 6.86. The first-order valence-electron chi connectivity index (χ1n) is 6.64.